The Bertz CT molecular complexity index is 712. The van der Waals surface area contributed by atoms with Crippen LogP contribution in [-0.2, 0) is 9.84 Å². The zero-order chi connectivity index (χ0) is 16.6. The van der Waals surface area contributed by atoms with Crippen LogP contribution in [0.15, 0.2) is 18.2 Å². The van der Waals surface area contributed by atoms with Gasteiger partial charge in [-0.2, -0.15) is 0 Å². The van der Waals surface area contributed by atoms with E-state index >= 15 is 0 Å². The lowest BCUT2D eigenvalue weighted by Crippen LogP contribution is -2.52. The summed E-state index contributed by atoms with van der Waals surface area (Å²) in [7, 11) is -2.89. The average Bonchev–Trinajstić information content (AvgIpc) is 2.89. The Balaban J connectivity index is 1.60. The third-order valence-electron chi connectivity index (χ3n) is 4.75. The summed E-state index contributed by atoms with van der Waals surface area (Å²) >= 11 is 0. The largest absolute Gasteiger partial charge is 0.336 e. The molecule has 3 rings (SSSR count). The smallest absolute Gasteiger partial charge is 0.254 e. The lowest BCUT2D eigenvalue weighted by molar-refractivity contribution is 0.0587. The first-order valence-corrected chi connectivity index (χ1v) is 9.68. The molecule has 1 amide bonds. The molecule has 2 fully saturated rings. The summed E-state index contributed by atoms with van der Waals surface area (Å²) < 4.78 is 36.8. The van der Waals surface area contributed by atoms with Crippen molar-refractivity contribution in [3.63, 3.8) is 0 Å². The minimum atomic E-state index is -2.89. The van der Waals surface area contributed by atoms with Crippen molar-refractivity contribution >= 4 is 15.7 Å². The van der Waals surface area contributed by atoms with Crippen LogP contribution in [0.5, 0.6) is 0 Å². The number of amides is 1. The number of rotatable bonds is 2. The van der Waals surface area contributed by atoms with E-state index < -0.39 is 9.84 Å². The van der Waals surface area contributed by atoms with E-state index in [2.05, 4.69) is 4.90 Å². The van der Waals surface area contributed by atoms with Gasteiger partial charge in [-0.3, -0.25) is 9.69 Å². The monoisotopic (exact) mass is 340 g/mol. The highest BCUT2D eigenvalue weighted by Gasteiger charge is 2.34. The highest BCUT2D eigenvalue weighted by molar-refractivity contribution is 7.91. The number of carbonyl (C=O) groups is 1. The molecule has 126 valence electrons. The van der Waals surface area contributed by atoms with Crippen molar-refractivity contribution in [1.82, 2.24) is 9.80 Å². The molecule has 0 saturated carbocycles. The summed E-state index contributed by atoms with van der Waals surface area (Å²) in [5.74, 6) is -0.0444. The SMILES string of the molecule is Cc1ccc(C(=O)N2CCN([C@@H]3CCS(=O)(=O)C3)CC2)cc1F. The lowest BCUT2D eigenvalue weighted by Gasteiger charge is -2.37. The van der Waals surface area contributed by atoms with Gasteiger partial charge in [0.05, 0.1) is 11.5 Å². The maximum atomic E-state index is 13.6. The summed E-state index contributed by atoms with van der Waals surface area (Å²) in [4.78, 5) is 16.3. The van der Waals surface area contributed by atoms with Gasteiger partial charge in [-0.15, -0.1) is 0 Å². The van der Waals surface area contributed by atoms with E-state index in [4.69, 9.17) is 0 Å². The van der Waals surface area contributed by atoms with Crippen molar-refractivity contribution in [1.29, 1.82) is 0 Å². The Kier molecular flexibility index (Phi) is 4.42. The van der Waals surface area contributed by atoms with E-state index in [0.717, 1.165) is 0 Å². The molecule has 0 radical (unpaired) electrons. The molecule has 1 aromatic carbocycles. The number of nitrogens with zero attached hydrogens (tertiary/aromatic N) is 2. The predicted molar refractivity (Wildman–Crippen MR) is 85.7 cm³/mol. The number of carbonyl (C=O) groups excluding carboxylic acids is 1. The summed E-state index contributed by atoms with van der Waals surface area (Å²) in [6.45, 7) is 4.09. The van der Waals surface area contributed by atoms with Gasteiger partial charge in [0, 0.05) is 37.8 Å². The molecule has 0 bridgehead atoms. The van der Waals surface area contributed by atoms with Crippen LogP contribution in [0.2, 0.25) is 0 Å². The minimum Gasteiger partial charge on any atom is -0.336 e. The van der Waals surface area contributed by atoms with E-state index in [0.29, 0.717) is 43.7 Å². The first kappa shape index (κ1) is 16.4. The van der Waals surface area contributed by atoms with E-state index in [1.165, 1.54) is 6.07 Å². The number of halogens is 1. The lowest BCUT2D eigenvalue weighted by atomic mass is 10.1. The van der Waals surface area contributed by atoms with Gasteiger partial charge in [0.1, 0.15) is 5.82 Å². The number of hydrogen-bond acceptors (Lipinski definition) is 4. The van der Waals surface area contributed by atoms with Gasteiger partial charge in [-0.05, 0) is 31.0 Å². The summed E-state index contributed by atoms with van der Waals surface area (Å²) in [6.07, 6.45) is 0.680. The van der Waals surface area contributed by atoms with E-state index in [1.807, 2.05) is 0 Å². The molecule has 2 saturated heterocycles. The van der Waals surface area contributed by atoms with Crippen molar-refractivity contribution < 1.29 is 17.6 Å². The Morgan fingerprint density at radius 2 is 1.91 bits per heavy atom. The number of piperazine rings is 1. The van der Waals surface area contributed by atoms with Crippen molar-refractivity contribution in [3.05, 3.63) is 35.1 Å². The molecule has 0 N–H and O–H groups in total. The Hall–Kier alpha value is -1.47. The molecule has 0 aromatic heterocycles. The molecular formula is C16H21FN2O3S. The fraction of sp³-hybridized carbons (Fsp3) is 0.562. The molecule has 1 aromatic rings. The maximum Gasteiger partial charge on any atom is 0.254 e. The normalized spacial score (nSPS) is 24.8. The van der Waals surface area contributed by atoms with Crippen LogP contribution in [0.3, 0.4) is 0 Å². The molecule has 5 nitrogen and oxygen atoms in total. The van der Waals surface area contributed by atoms with Crippen molar-refractivity contribution in [2.75, 3.05) is 37.7 Å². The second-order valence-corrected chi connectivity index (χ2v) is 8.58. The fourth-order valence-electron chi connectivity index (χ4n) is 3.26. The minimum absolute atomic E-state index is 0.0778. The molecule has 1 atom stereocenters. The van der Waals surface area contributed by atoms with E-state index in [-0.39, 0.29) is 29.3 Å². The van der Waals surface area contributed by atoms with Crippen molar-refractivity contribution in [2.45, 2.75) is 19.4 Å². The number of hydrogen-bond donors (Lipinski definition) is 0. The highest BCUT2D eigenvalue weighted by atomic mass is 32.2. The van der Waals surface area contributed by atoms with Gasteiger partial charge in [-0.25, -0.2) is 12.8 Å². The maximum absolute atomic E-state index is 13.6. The van der Waals surface area contributed by atoms with E-state index in [9.17, 15) is 17.6 Å². The Morgan fingerprint density at radius 1 is 1.22 bits per heavy atom. The van der Waals surface area contributed by atoms with Crippen LogP contribution >= 0.6 is 0 Å². The molecule has 0 aliphatic carbocycles. The summed E-state index contributed by atoms with van der Waals surface area (Å²) in [5.41, 5.74) is 0.888. The second-order valence-electron chi connectivity index (χ2n) is 6.35. The Morgan fingerprint density at radius 3 is 2.48 bits per heavy atom. The molecule has 23 heavy (non-hydrogen) atoms. The summed E-state index contributed by atoms with van der Waals surface area (Å²) in [6, 6.07) is 4.63. The number of sulfone groups is 1. The van der Waals surface area contributed by atoms with Gasteiger partial charge < -0.3 is 4.90 Å². The number of aryl methyl sites for hydroxylation is 1. The quantitative estimate of drug-likeness (QED) is 0.808. The standard InChI is InChI=1S/C16H21FN2O3S/c1-12-2-3-13(10-15(12)17)16(20)19-7-5-18(6-8-19)14-4-9-23(21,22)11-14/h2-3,10,14H,4-9,11H2,1H3/t14-/m1/s1. The summed E-state index contributed by atoms with van der Waals surface area (Å²) in [5, 5.41) is 0. The van der Waals surface area contributed by atoms with Crippen molar-refractivity contribution in [3.8, 4) is 0 Å². The fourth-order valence-corrected chi connectivity index (χ4v) is 5.02. The van der Waals surface area contributed by atoms with Crippen LogP contribution in [-0.4, -0.2) is 67.9 Å². The third-order valence-corrected chi connectivity index (χ3v) is 6.50. The van der Waals surface area contributed by atoms with Gasteiger partial charge in [0.15, 0.2) is 9.84 Å². The molecule has 0 spiro atoms. The van der Waals surface area contributed by atoms with Gasteiger partial charge >= 0.3 is 0 Å². The van der Waals surface area contributed by atoms with Crippen LogP contribution < -0.4 is 0 Å². The molecule has 2 aliphatic rings. The van der Waals surface area contributed by atoms with Gasteiger partial charge in [0.25, 0.3) is 5.91 Å². The van der Waals surface area contributed by atoms with Crippen molar-refractivity contribution in [2.24, 2.45) is 0 Å². The van der Waals surface area contributed by atoms with Crippen LogP contribution in [0, 0.1) is 12.7 Å². The molecular weight excluding hydrogens is 319 g/mol. The zero-order valence-electron chi connectivity index (χ0n) is 13.2. The van der Waals surface area contributed by atoms with Crippen LogP contribution in [0.25, 0.3) is 0 Å². The van der Waals surface area contributed by atoms with Gasteiger partial charge in [-0.1, -0.05) is 6.07 Å². The molecule has 0 unspecified atom stereocenters. The molecule has 2 aliphatic heterocycles. The topological polar surface area (TPSA) is 57.7 Å². The zero-order valence-corrected chi connectivity index (χ0v) is 14.0. The number of benzene rings is 1. The first-order chi connectivity index (χ1) is 10.9. The van der Waals surface area contributed by atoms with E-state index in [1.54, 1.807) is 24.0 Å². The average molecular weight is 340 g/mol. The van der Waals surface area contributed by atoms with Gasteiger partial charge in [0.2, 0.25) is 0 Å². The van der Waals surface area contributed by atoms with Crippen LogP contribution in [0.1, 0.15) is 22.3 Å². The second kappa shape index (κ2) is 6.20. The molecule has 2 heterocycles. The van der Waals surface area contributed by atoms with Crippen LogP contribution in [0.4, 0.5) is 4.39 Å². The predicted octanol–water partition coefficient (Wildman–Crippen LogP) is 1.08. The molecule has 7 heteroatoms. The third kappa shape index (κ3) is 3.55. The Labute approximate surface area is 136 Å². The first-order valence-electron chi connectivity index (χ1n) is 7.86. The highest BCUT2D eigenvalue weighted by Crippen LogP contribution is 2.20.